The van der Waals surface area contributed by atoms with E-state index in [2.05, 4.69) is 31.3 Å². The number of nitrogens with one attached hydrogen (secondary N) is 1. The van der Waals surface area contributed by atoms with Gasteiger partial charge in [0.15, 0.2) is 0 Å². The normalized spacial score (nSPS) is 13.5. The molecule has 2 unspecified atom stereocenters. The molecule has 0 heterocycles. The predicted molar refractivity (Wildman–Crippen MR) is 189 cm³/mol. The first-order valence-corrected chi connectivity index (χ1v) is 20.5. The van der Waals surface area contributed by atoms with Crippen molar-refractivity contribution in [2.24, 2.45) is 0 Å². The molecule has 1 amide bonds. The minimum Gasteiger partial charge on any atom is -0.391 e. The van der Waals surface area contributed by atoms with E-state index in [1.54, 1.807) is 0 Å². The second-order valence-electron chi connectivity index (χ2n) is 13.2. The zero-order valence-electron chi connectivity index (χ0n) is 29.1. The maximum Gasteiger partial charge on any atom is 0.266 e. The van der Waals surface area contributed by atoms with Gasteiger partial charge in [0.2, 0.25) is 5.91 Å². The van der Waals surface area contributed by atoms with Gasteiger partial charge in [0, 0.05) is 6.42 Å². The van der Waals surface area contributed by atoms with Gasteiger partial charge in [-0.05, 0) is 32.1 Å². The van der Waals surface area contributed by atoms with Crippen LogP contribution in [0.2, 0.25) is 0 Å². The van der Waals surface area contributed by atoms with Crippen molar-refractivity contribution in [1.29, 1.82) is 0 Å². The van der Waals surface area contributed by atoms with Crippen LogP contribution in [0.5, 0.6) is 0 Å². The average molecular weight is 644 g/mol. The Morgan fingerprint density at radius 1 is 0.591 bits per heavy atom. The topological polar surface area (TPSA) is 104 Å². The summed E-state index contributed by atoms with van der Waals surface area (Å²) in [4.78, 5) is 12.4. The number of unbranched alkanes of at least 4 members (excludes halogenated alkanes) is 24. The number of rotatable bonds is 34. The van der Waals surface area contributed by atoms with Gasteiger partial charge in [-0.25, -0.2) is 0 Å². The lowest BCUT2D eigenvalue weighted by molar-refractivity contribution is -0.122. The molecule has 0 fully saturated rings. The van der Waals surface area contributed by atoms with Crippen molar-refractivity contribution in [2.75, 3.05) is 5.75 Å². The monoisotopic (exact) mass is 644 g/mol. The summed E-state index contributed by atoms with van der Waals surface area (Å²) in [5.41, 5.74) is 0. The number of hydrogen-bond donors (Lipinski definition) is 3. The first-order chi connectivity index (χ1) is 21.3. The highest BCUT2D eigenvalue weighted by Gasteiger charge is 2.26. The maximum absolute atomic E-state index is 12.4. The molecule has 2 atom stereocenters. The lowest BCUT2D eigenvalue weighted by atomic mass is 10.0. The smallest absolute Gasteiger partial charge is 0.266 e. The molecule has 0 radical (unpaired) electrons. The molecule has 7 heteroatoms. The van der Waals surface area contributed by atoms with Crippen LogP contribution in [0.25, 0.3) is 0 Å². The van der Waals surface area contributed by atoms with Crippen molar-refractivity contribution < 1.29 is 22.9 Å². The maximum atomic E-state index is 12.4. The van der Waals surface area contributed by atoms with E-state index in [0.29, 0.717) is 12.8 Å². The number of aliphatic hydroxyl groups excluding tert-OH is 1. The molecular weight excluding hydrogens is 570 g/mol. The minimum atomic E-state index is -4.30. The summed E-state index contributed by atoms with van der Waals surface area (Å²) in [5, 5.41) is 13.3. The lowest BCUT2D eigenvalue weighted by Crippen LogP contribution is -2.47. The highest BCUT2D eigenvalue weighted by Crippen LogP contribution is 2.16. The molecule has 0 aromatic heterocycles. The summed E-state index contributed by atoms with van der Waals surface area (Å²) in [7, 11) is -4.30. The van der Waals surface area contributed by atoms with Crippen LogP contribution in [0.3, 0.4) is 0 Å². The van der Waals surface area contributed by atoms with Gasteiger partial charge in [0.25, 0.3) is 10.1 Å². The van der Waals surface area contributed by atoms with Gasteiger partial charge in [-0.3, -0.25) is 9.35 Å². The molecule has 262 valence electrons. The first kappa shape index (κ1) is 43.1. The molecule has 44 heavy (non-hydrogen) atoms. The molecule has 0 spiro atoms. The molecule has 0 bridgehead atoms. The predicted octanol–water partition coefficient (Wildman–Crippen LogP) is 10.6. The molecule has 0 rings (SSSR count). The standard InChI is InChI=1S/C37H73NO5S/c1-3-5-7-9-11-13-15-16-17-18-19-20-21-22-23-24-26-28-30-32-36(39)35(34-44(41,42)43)38-37(40)33-31-29-27-25-14-12-10-8-6-4-2/h8,10,35-36,39H,3-7,9,11-34H2,1-2H3,(H,38,40)(H,41,42,43)/b10-8-. The van der Waals surface area contributed by atoms with E-state index in [1.165, 1.54) is 109 Å². The van der Waals surface area contributed by atoms with Gasteiger partial charge in [-0.15, -0.1) is 0 Å². The number of carbonyl (C=O) groups is 1. The van der Waals surface area contributed by atoms with Crippen molar-refractivity contribution >= 4 is 16.0 Å². The van der Waals surface area contributed by atoms with Crippen LogP contribution in [-0.2, 0) is 14.9 Å². The van der Waals surface area contributed by atoms with E-state index in [1.807, 2.05) is 0 Å². The summed E-state index contributed by atoms with van der Waals surface area (Å²) in [5.74, 6) is -0.904. The molecule has 0 saturated carbocycles. The molecular formula is C37H73NO5S. The third-order valence-corrected chi connectivity index (χ3v) is 9.48. The van der Waals surface area contributed by atoms with Gasteiger partial charge in [-0.1, -0.05) is 174 Å². The summed E-state index contributed by atoms with van der Waals surface area (Å²) in [6.45, 7) is 4.45. The van der Waals surface area contributed by atoms with Crippen LogP contribution in [0.15, 0.2) is 12.2 Å². The Labute approximate surface area is 273 Å². The lowest BCUT2D eigenvalue weighted by Gasteiger charge is -2.23. The van der Waals surface area contributed by atoms with Gasteiger partial charge in [0.1, 0.15) is 0 Å². The van der Waals surface area contributed by atoms with Crippen molar-refractivity contribution in [3.63, 3.8) is 0 Å². The highest BCUT2D eigenvalue weighted by atomic mass is 32.2. The Bertz CT molecular complexity index is 755. The van der Waals surface area contributed by atoms with E-state index in [0.717, 1.165) is 64.2 Å². The van der Waals surface area contributed by atoms with Crippen LogP contribution in [-0.4, -0.2) is 41.9 Å². The summed E-state index contributed by atoms with van der Waals surface area (Å²) in [6, 6.07) is -0.969. The Kier molecular flexibility index (Phi) is 31.4. The van der Waals surface area contributed by atoms with Crippen LogP contribution >= 0.6 is 0 Å². The van der Waals surface area contributed by atoms with E-state index < -0.39 is 28.0 Å². The van der Waals surface area contributed by atoms with Crippen LogP contribution in [0.4, 0.5) is 0 Å². The third-order valence-electron chi connectivity index (χ3n) is 8.70. The van der Waals surface area contributed by atoms with Crippen LogP contribution in [0.1, 0.15) is 200 Å². The van der Waals surface area contributed by atoms with Gasteiger partial charge < -0.3 is 10.4 Å². The number of hydrogen-bond acceptors (Lipinski definition) is 4. The molecule has 0 aliphatic carbocycles. The fourth-order valence-electron chi connectivity index (χ4n) is 5.87. The van der Waals surface area contributed by atoms with E-state index >= 15 is 0 Å². The fourth-order valence-corrected chi connectivity index (χ4v) is 6.63. The molecule has 0 aliphatic rings. The Hall–Kier alpha value is -0.920. The SMILES string of the molecule is CCC/C=C\CCCCCCCC(=O)NC(CS(=O)(=O)O)C(O)CCCCCCCCCCCCCCCCCCCCC. The Morgan fingerprint density at radius 3 is 1.45 bits per heavy atom. The van der Waals surface area contributed by atoms with E-state index in [4.69, 9.17) is 0 Å². The van der Waals surface area contributed by atoms with Crippen LogP contribution < -0.4 is 5.32 Å². The molecule has 3 N–H and O–H groups in total. The zero-order chi connectivity index (χ0) is 32.6. The molecule has 6 nitrogen and oxygen atoms in total. The van der Waals surface area contributed by atoms with Gasteiger partial charge >= 0.3 is 0 Å². The summed E-state index contributed by atoms with van der Waals surface area (Å²) in [6.07, 6.45) is 37.4. The second kappa shape index (κ2) is 32.0. The molecule has 0 aliphatic heterocycles. The van der Waals surface area contributed by atoms with E-state index in [9.17, 15) is 22.9 Å². The van der Waals surface area contributed by atoms with Gasteiger partial charge in [0.05, 0.1) is 17.9 Å². The number of aliphatic hydroxyl groups is 1. The number of amides is 1. The summed E-state index contributed by atoms with van der Waals surface area (Å²) < 4.78 is 32.4. The molecule has 0 saturated heterocycles. The van der Waals surface area contributed by atoms with Crippen molar-refractivity contribution in [3.8, 4) is 0 Å². The average Bonchev–Trinajstić information content (AvgIpc) is 2.98. The molecule has 0 aromatic carbocycles. The largest absolute Gasteiger partial charge is 0.391 e. The summed E-state index contributed by atoms with van der Waals surface area (Å²) >= 11 is 0. The first-order valence-electron chi connectivity index (χ1n) is 18.9. The molecule has 0 aromatic rings. The van der Waals surface area contributed by atoms with Crippen molar-refractivity contribution in [2.45, 2.75) is 212 Å². The third kappa shape index (κ3) is 32.5. The fraction of sp³-hybridized carbons (Fsp3) is 0.919. The number of carbonyl (C=O) groups excluding carboxylic acids is 1. The van der Waals surface area contributed by atoms with Gasteiger partial charge in [-0.2, -0.15) is 8.42 Å². The Balaban J connectivity index is 3.83. The van der Waals surface area contributed by atoms with E-state index in [-0.39, 0.29) is 5.91 Å². The zero-order valence-corrected chi connectivity index (χ0v) is 29.9. The van der Waals surface area contributed by atoms with Crippen LogP contribution in [0, 0.1) is 0 Å². The minimum absolute atomic E-state index is 0.256. The quantitative estimate of drug-likeness (QED) is 0.0368. The Morgan fingerprint density at radius 2 is 1.00 bits per heavy atom. The van der Waals surface area contributed by atoms with Crippen molar-refractivity contribution in [3.05, 3.63) is 12.2 Å². The highest BCUT2D eigenvalue weighted by molar-refractivity contribution is 7.85. The number of allylic oxidation sites excluding steroid dienone is 2. The second-order valence-corrected chi connectivity index (χ2v) is 14.7. The van der Waals surface area contributed by atoms with Crippen molar-refractivity contribution in [1.82, 2.24) is 5.32 Å².